The highest BCUT2D eigenvalue weighted by Crippen LogP contribution is 2.40. The fraction of sp³-hybridized carbons (Fsp3) is 1.00. The maximum atomic E-state index is 6.16. The second kappa shape index (κ2) is 6.13. The van der Waals surface area contributed by atoms with Gasteiger partial charge in [0.2, 0.25) is 0 Å². The van der Waals surface area contributed by atoms with E-state index in [-0.39, 0.29) is 5.60 Å². The monoisotopic (exact) mass is 265 g/mol. The SMILES string of the molecule is CCC1CCCCC1NC1CCOC2(CCCC2)C1. The van der Waals surface area contributed by atoms with E-state index in [9.17, 15) is 0 Å². The first-order chi connectivity index (χ1) is 9.31. The summed E-state index contributed by atoms with van der Waals surface area (Å²) in [6, 6.07) is 1.52. The lowest BCUT2D eigenvalue weighted by Gasteiger charge is -2.42. The summed E-state index contributed by atoms with van der Waals surface area (Å²) in [6.45, 7) is 3.36. The Kier molecular flexibility index (Phi) is 4.48. The predicted molar refractivity (Wildman–Crippen MR) is 79.3 cm³/mol. The summed E-state index contributed by atoms with van der Waals surface area (Å²) >= 11 is 0. The van der Waals surface area contributed by atoms with Crippen molar-refractivity contribution in [2.24, 2.45) is 5.92 Å². The van der Waals surface area contributed by atoms with Gasteiger partial charge in [-0.3, -0.25) is 0 Å². The molecule has 0 aromatic heterocycles. The third kappa shape index (κ3) is 3.16. The molecule has 1 spiro atoms. The van der Waals surface area contributed by atoms with Gasteiger partial charge in [0.05, 0.1) is 5.60 Å². The molecule has 3 unspecified atom stereocenters. The lowest BCUT2D eigenvalue weighted by atomic mass is 9.81. The summed E-state index contributed by atoms with van der Waals surface area (Å²) < 4.78 is 6.16. The van der Waals surface area contributed by atoms with Crippen molar-refractivity contribution in [2.45, 2.75) is 95.2 Å². The van der Waals surface area contributed by atoms with Gasteiger partial charge in [0.25, 0.3) is 0 Å². The van der Waals surface area contributed by atoms with Gasteiger partial charge in [-0.05, 0) is 44.4 Å². The van der Waals surface area contributed by atoms with E-state index in [2.05, 4.69) is 12.2 Å². The summed E-state index contributed by atoms with van der Waals surface area (Å²) in [4.78, 5) is 0. The summed E-state index contributed by atoms with van der Waals surface area (Å²) in [5.74, 6) is 0.927. The molecule has 0 radical (unpaired) electrons. The van der Waals surface area contributed by atoms with Crippen LogP contribution in [0.4, 0.5) is 0 Å². The Balaban J connectivity index is 1.56. The van der Waals surface area contributed by atoms with Crippen molar-refractivity contribution in [3.05, 3.63) is 0 Å². The number of rotatable bonds is 3. The van der Waals surface area contributed by atoms with Crippen LogP contribution in [0.25, 0.3) is 0 Å². The standard InChI is InChI=1S/C17H31NO/c1-2-14-7-3-4-8-16(14)18-15-9-12-19-17(13-15)10-5-6-11-17/h14-16,18H,2-13H2,1H3. The maximum absolute atomic E-state index is 6.16. The summed E-state index contributed by atoms with van der Waals surface area (Å²) in [7, 11) is 0. The average molecular weight is 265 g/mol. The second-order valence-corrected chi connectivity index (χ2v) is 7.15. The zero-order valence-electron chi connectivity index (χ0n) is 12.6. The summed E-state index contributed by atoms with van der Waals surface area (Å²) in [6.07, 6.45) is 15.0. The number of hydrogen-bond acceptors (Lipinski definition) is 2. The molecule has 2 saturated carbocycles. The minimum absolute atomic E-state index is 0.270. The van der Waals surface area contributed by atoms with E-state index in [1.807, 2.05) is 0 Å². The molecule has 2 aliphatic carbocycles. The fourth-order valence-corrected chi connectivity index (χ4v) is 4.76. The van der Waals surface area contributed by atoms with Crippen molar-refractivity contribution in [1.29, 1.82) is 0 Å². The zero-order valence-corrected chi connectivity index (χ0v) is 12.6. The smallest absolute Gasteiger partial charge is 0.0697 e. The van der Waals surface area contributed by atoms with Crippen LogP contribution in [0.1, 0.15) is 77.6 Å². The molecule has 1 N–H and O–H groups in total. The molecule has 1 aliphatic heterocycles. The third-order valence-corrected chi connectivity index (χ3v) is 5.89. The lowest BCUT2D eigenvalue weighted by molar-refractivity contribution is -0.0858. The van der Waals surface area contributed by atoms with Crippen LogP contribution in [-0.4, -0.2) is 24.3 Å². The van der Waals surface area contributed by atoms with E-state index in [1.165, 1.54) is 70.6 Å². The Morgan fingerprint density at radius 1 is 1.05 bits per heavy atom. The first kappa shape index (κ1) is 13.9. The van der Waals surface area contributed by atoms with Gasteiger partial charge in [-0.2, -0.15) is 0 Å². The van der Waals surface area contributed by atoms with Crippen LogP contribution < -0.4 is 5.32 Å². The number of ether oxygens (including phenoxy) is 1. The predicted octanol–water partition coefficient (Wildman–Crippen LogP) is 4.04. The van der Waals surface area contributed by atoms with Crippen molar-refractivity contribution in [1.82, 2.24) is 5.32 Å². The van der Waals surface area contributed by atoms with E-state index in [0.717, 1.165) is 24.6 Å². The third-order valence-electron chi connectivity index (χ3n) is 5.89. The van der Waals surface area contributed by atoms with Gasteiger partial charge >= 0.3 is 0 Å². The van der Waals surface area contributed by atoms with Crippen molar-refractivity contribution in [2.75, 3.05) is 6.61 Å². The van der Waals surface area contributed by atoms with Gasteiger partial charge in [0.1, 0.15) is 0 Å². The molecule has 2 heteroatoms. The molecule has 19 heavy (non-hydrogen) atoms. The van der Waals surface area contributed by atoms with Crippen LogP contribution in [0.5, 0.6) is 0 Å². The fourth-order valence-electron chi connectivity index (χ4n) is 4.76. The minimum atomic E-state index is 0.270. The Bertz CT molecular complexity index is 285. The topological polar surface area (TPSA) is 21.3 Å². The first-order valence-electron chi connectivity index (χ1n) is 8.71. The van der Waals surface area contributed by atoms with Crippen molar-refractivity contribution < 1.29 is 4.74 Å². The van der Waals surface area contributed by atoms with Crippen LogP contribution in [0.15, 0.2) is 0 Å². The van der Waals surface area contributed by atoms with Crippen LogP contribution >= 0.6 is 0 Å². The molecule has 3 fully saturated rings. The van der Waals surface area contributed by atoms with Gasteiger partial charge in [-0.1, -0.05) is 39.0 Å². The lowest BCUT2D eigenvalue weighted by Crippen LogP contribution is -2.51. The molecule has 3 aliphatic rings. The molecule has 0 aromatic carbocycles. The molecule has 0 aromatic rings. The van der Waals surface area contributed by atoms with E-state index in [4.69, 9.17) is 4.74 Å². The van der Waals surface area contributed by atoms with Gasteiger partial charge in [-0.15, -0.1) is 0 Å². The van der Waals surface area contributed by atoms with Gasteiger partial charge in [-0.25, -0.2) is 0 Å². The molecule has 3 atom stereocenters. The first-order valence-corrected chi connectivity index (χ1v) is 8.71. The normalized spacial score (nSPS) is 38.7. The van der Waals surface area contributed by atoms with Crippen molar-refractivity contribution in [3.8, 4) is 0 Å². The highest BCUT2D eigenvalue weighted by Gasteiger charge is 2.40. The molecule has 2 nitrogen and oxygen atoms in total. The van der Waals surface area contributed by atoms with E-state index in [1.54, 1.807) is 0 Å². The molecular formula is C17H31NO. The number of hydrogen-bond donors (Lipinski definition) is 1. The van der Waals surface area contributed by atoms with E-state index in [0.29, 0.717) is 0 Å². The van der Waals surface area contributed by atoms with E-state index < -0.39 is 0 Å². The maximum Gasteiger partial charge on any atom is 0.0697 e. The van der Waals surface area contributed by atoms with E-state index >= 15 is 0 Å². The van der Waals surface area contributed by atoms with Crippen LogP contribution in [0, 0.1) is 5.92 Å². The highest BCUT2D eigenvalue weighted by atomic mass is 16.5. The minimum Gasteiger partial charge on any atom is -0.375 e. The van der Waals surface area contributed by atoms with Crippen LogP contribution in [0.2, 0.25) is 0 Å². The molecule has 0 bridgehead atoms. The highest BCUT2D eigenvalue weighted by molar-refractivity contribution is 4.95. The second-order valence-electron chi connectivity index (χ2n) is 7.15. The zero-order chi connectivity index (χ0) is 13.1. The Morgan fingerprint density at radius 3 is 2.63 bits per heavy atom. The largest absolute Gasteiger partial charge is 0.375 e. The molecule has 0 amide bonds. The number of nitrogens with one attached hydrogen (secondary N) is 1. The summed E-state index contributed by atoms with van der Waals surface area (Å²) in [5, 5.41) is 4.03. The van der Waals surface area contributed by atoms with Crippen molar-refractivity contribution in [3.63, 3.8) is 0 Å². The average Bonchev–Trinajstić information content (AvgIpc) is 2.87. The molecule has 3 rings (SSSR count). The van der Waals surface area contributed by atoms with Crippen molar-refractivity contribution >= 4 is 0 Å². The molecular weight excluding hydrogens is 234 g/mol. The quantitative estimate of drug-likeness (QED) is 0.831. The Hall–Kier alpha value is -0.0800. The Morgan fingerprint density at radius 2 is 1.84 bits per heavy atom. The molecule has 110 valence electrons. The Labute approximate surface area is 118 Å². The van der Waals surface area contributed by atoms with Crippen LogP contribution in [-0.2, 0) is 4.74 Å². The van der Waals surface area contributed by atoms with Gasteiger partial charge in [0, 0.05) is 18.7 Å². The van der Waals surface area contributed by atoms with Gasteiger partial charge in [0.15, 0.2) is 0 Å². The van der Waals surface area contributed by atoms with Gasteiger partial charge < -0.3 is 10.1 Å². The summed E-state index contributed by atoms with van der Waals surface area (Å²) in [5.41, 5.74) is 0.270. The van der Waals surface area contributed by atoms with Crippen LogP contribution in [0.3, 0.4) is 0 Å². The molecule has 1 heterocycles. The molecule has 1 saturated heterocycles.